The smallest absolute Gasteiger partial charge is 0.127 e. The Kier molecular flexibility index (Phi) is 2.78. The third-order valence-electron chi connectivity index (χ3n) is 4.69. The fourth-order valence-corrected chi connectivity index (χ4v) is 3.67. The van der Waals surface area contributed by atoms with Gasteiger partial charge in [0.1, 0.15) is 6.29 Å². The highest BCUT2D eigenvalue weighted by atomic mass is 16.1. The van der Waals surface area contributed by atoms with Crippen LogP contribution in [-0.4, -0.2) is 6.29 Å². The summed E-state index contributed by atoms with van der Waals surface area (Å²) in [5, 5.41) is 0. The van der Waals surface area contributed by atoms with Gasteiger partial charge in [-0.25, -0.2) is 0 Å². The van der Waals surface area contributed by atoms with Crippen LogP contribution in [0.2, 0.25) is 0 Å². The van der Waals surface area contributed by atoms with E-state index in [1.54, 1.807) is 5.56 Å². The lowest BCUT2D eigenvalue weighted by atomic mass is 9.80. The van der Waals surface area contributed by atoms with Crippen molar-refractivity contribution in [2.45, 2.75) is 50.9 Å². The molecule has 17 heavy (non-hydrogen) atoms. The lowest BCUT2D eigenvalue weighted by Crippen LogP contribution is -2.12. The van der Waals surface area contributed by atoms with Crippen LogP contribution in [0.5, 0.6) is 0 Å². The molecule has 1 heteroatoms. The summed E-state index contributed by atoms with van der Waals surface area (Å²) in [6, 6.07) is 6.74. The molecule has 0 heterocycles. The van der Waals surface area contributed by atoms with Crippen LogP contribution < -0.4 is 0 Å². The van der Waals surface area contributed by atoms with Gasteiger partial charge >= 0.3 is 0 Å². The van der Waals surface area contributed by atoms with E-state index in [0.29, 0.717) is 0 Å². The van der Waals surface area contributed by atoms with Crippen molar-refractivity contribution in [3.63, 3.8) is 0 Å². The number of carbonyl (C=O) groups excluding carboxylic acids is 1. The van der Waals surface area contributed by atoms with Crippen LogP contribution in [-0.2, 0) is 11.2 Å². The van der Waals surface area contributed by atoms with Gasteiger partial charge < -0.3 is 4.79 Å². The first kappa shape index (κ1) is 11.0. The van der Waals surface area contributed by atoms with Crippen molar-refractivity contribution < 1.29 is 4.79 Å². The lowest BCUT2D eigenvalue weighted by Gasteiger charge is -2.25. The number of rotatable bonds is 2. The minimum atomic E-state index is 0.0444. The van der Waals surface area contributed by atoms with Gasteiger partial charge in [0.25, 0.3) is 0 Å². The molecule has 3 rings (SSSR count). The van der Waals surface area contributed by atoms with Crippen molar-refractivity contribution in [2.75, 3.05) is 0 Å². The quantitative estimate of drug-likeness (QED) is 0.703. The molecule has 2 aliphatic rings. The predicted molar refractivity (Wildman–Crippen MR) is 69.3 cm³/mol. The highest BCUT2D eigenvalue weighted by Crippen LogP contribution is 2.46. The predicted octanol–water partition coefficient (Wildman–Crippen LogP) is 3.82. The van der Waals surface area contributed by atoms with E-state index in [1.165, 1.54) is 43.2 Å². The molecule has 2 aliphatic carbocycles. The van der Waals surface area contributed by atoms with Gasteiger partial charge in [-0.1, -0.05) is 38.0 Å². The highest BCUT2D eigenvalue weighted by molar-refractivity contribution is 5.62. The zero-order valence-corrected chi connectivity index (χ0v) is 10.5. The Morgan fingerprint density at radius 3 is 2.94 bits per heavy atom. The largest absolute Gasteiger partial charge is 0.303 e. The third kappa shape index (κ3) is 1.82. The molecule has 1 nitrogen and oxygen atoms in total. The Balaban J connectivity index is 1.93. The fourth-order valence-electron chi connectivity index (χ4n) is 3.67. The van der Waals surface area contributed by atoms with E-state index in [4.69, 9.17) is 0 Å². The molecule has 0 N–H and O–H groups in total. The lowest BCUT2D eigenvalue weighted by molar-refractivity contribution is -0.108. The van der Waals surface area contributed by atoms with Crippen molar-refractivity contribution in [3.8, 4) is 0 Å². The van der Waals surface area contributed by atoms with Crippen molar-refractivity contribution in [1.29, 1.82) is 0 Å². The maximum absolute atomic E-state index is 10.9. The second-order valence-electron chi connectivity index (χ2n) is 5.74. The Bertz CT molecular complexity index is 435. The molecule has 0 spiro atoms. The summed E-state index contributed by atoms with van der Waals surface area (Å²) in [6.07, 6.45) is 7.88. The van der Waals surface area contributed by atoms with Crippen LogP contribution in [0.15, 0.2) is 18.2 Å². The second kappa shape index (κ2) is 4.29. The van der Waals surface area contributed by atoms with Gasteiger partial charge in [-0.05, 0) is 47.8 Å². The van der Waals surface area contributed by atoms with E-state index in [2.05, 4.69) is 18.2 Å². The number of benzene rings is 1. The Labute approximate surface area is 103 Å². The van der Waals surface area contributed by atoms with Crippen LogP contribution in [0.4, 0.5) is 0 Å². The molecular weight excluding hydrogens is 208 g/mol. The molecule has 1 aromatic rings. The molecule has 3 atom stereocenters. The van der Waals surface area contributed by atoms with Crippen LogP contribution in [0.25, 0.3) is 0 Å². The van der Waals surface area contributed by atoms with Crippen LogP contribution in [0, 0.1) is 5.92 Å². The third-order valence-corrected chi connectivity index (χ3v) is 4.69. The maximum Gasteiger partial charge on any atom is 0.127 e. The molecular formula is C16H20O. The molecule has 0 saturated heterocycles. The van der Waals surface area contributed by atoms with E-state index in [1.807, 2.05) is 6.92 Å². The van der Waals surface area contributed by atoms with E-state index in [-0.39, 0.29) is 5.92 Å². The molecule has 0 amide bonds. The molecule has 0 bridgehead atoms. The summed E-state index contributed by atoms with van der Waals surface area (Å²) >= 11 is 0. The van der Waals surface area contributed by atoms with Crippen LogP contribution >= 0.6 is 0 Å². The zero-order valence-electron chi connectivity index (χ0n) is 10.5. The van der Waals surface area contributed by atoms with Gasteiger partial charge in [0, 0.05) is 5.92 Å². The first-order valence-corrected chi connectivity index (χ1v) is 6.87. The monoisotopic (exact) mass is 228 g/mol. The summed E-state index contributed by atoms with van der Waals surface area (Å²) in [4.78, 5) is 10.9. The summed E-state index contributed by atoms with van der Waals surface area (Å²) in [6.45, 7) is 1.98. The van der Waals surface area contributed by atoms with Gasteiger partial charge in [-0.15, -0.1) is 0 Å². The highest BCUT2D eigenvalue weighted by Gasteiger charge is 2.34. The summed E-state index contributed by atoms with van der Waals surface area (Å²) in [7, 11) is 0. The normalized spacial score (nSPS) is 28.3. The van der Waals surface area contributed by atoms with Gasteiger partial charge in [0.15, 0.2) is 0 Å². The molecule has 0 aliphatic heterocycles. The molecule has 0 radical (unpaired) electrons. The minimum absolute atomic E-state index is 0.0444. The van der Waals surface area contributed by atoms with Crippen molar-refractivity contribution >= 4 is 6.29 Å². The molecule has 90 valence electrons. The zero-order chi connectivity index (χ0) is 11.8. The van der Waals surface area contributed by atoms with Gasteiger partial charge in [-0.2, -0.15) is 0 Å². The molecule has 0 unspecified atom stereocenters. The summed E-state index contributed by atoms with van der Waals surface area (Å²) in [5.74, 6) is 1.75. The molecule has 1 fully saturated rings. The number of hydrogen-bond donors (Lipinski definition) is 0. The summed E-state index contributed by atoms with van der Waals surface area (Å²) in [5.41, 5.74) is 4.29. The Morgan fingerprint density at radius 2 is 2.12 bits per heavy atom. The van der Waals surface area contributed by atoms with Crippen molar-refractivity contribution in [3.05, 3.63) is 34.9 Å². The Morgan fingerprint density at radius 1 is 1.29 bits per heavy atom. The first-order valence-electron chi connectivity index (χ1n) is 6.87. The van der Waals surface area contributed by atoms with Crippen molar-refractivity contribution in [1.82, 2.24) is 0 Å². The number of hydrogen-bond acceptors (Lipinski definition) is 1. The molecule has 0 aromatic heterocycles. The standard InChI is InChI=1S/C16H20O/c1-11(10-17)12-6-7-16-14(8-12)9-13-4-2-3-5-15(13)16/h6-8,10-11,13,15H,2-5,9H2,1H3/t11-,13+,15+/m1/s1. The second-order valence-corrected chi connectivity index (χ2v) is 5.74. The van der Waals surface area contributed by atoms with E-state index in [0.717, 1.165) is 18.1 Å². The van der Waals surface area contributed by atoms with Crippen molar-refractivity contribution in [2.24, 2.45) is 5.92 Å². The number of carbonyl (C=O) groups is 1. The average molecular weight is 228 g/mol. The van der Waals surface area contributed by atoms with E-state index >= 15 is 0 Å². The van der Waals surface area contributed by atoms with Gasteiger partial charge in [0.2, 0.25) is 0 Å². The molecule has 1 aromatic carbocycles. The maximum atomic E-state index is 10.9. The topological polar surface area (TPSA) is 17.1 Å². The van der Waals surface area contributed by atoms with E-state index < -0.39 is 0 Å². The fraction of sp³-hybridized carbons (Fsp3) is 0.562. The van der Waals surface area contributed by atoms with Crippen LogP contribution in [0.1, 0.15) is 61.1 Å². The van der Waals surface area contributed by atoms with E-state index in [9.17, 15) is 4.79 Å². The van der Waals surface area contributed by atoms with Crippen LogP contribution in [0.3, 0.4) is 0 Å². The number of aldehydes is 1. The summed E-state index contributed by atoms with van der Waals surface area (Å²) < 4.78 is 0. The average Bonchev–Trinajstić information content (AvgIpc) is 2.75. The number of fused-ring (bicyclic) bond motifs is 3. The minimum Gasteiger partial charge on any atom is -0.303 e. The molecule has 1 saturated carbocycles. The first-order chi connectivity index (χ1) is 8.29. The Hall–Kier alpha value is -1.11. The SMILES string of the molecule is C[C@H](C=O)c1ccc2c(c1)C[C@@H]1CCCC[C@H]21. The van der Waals surface area contributed by atoms with Gasteiger partial charge in [-0.3, -0.25) is 0 Å². The van der Waals surface area contributed by atoms with Gasteiger partial charge in [0.05, 0.1) is 0 Å².